The number of nitrogens with zero attached hydrogens (tertiary/aromatic N) is 2. The maximum Gasteiger partial charge on any atom is 0.417 e. The molecule has 1 aromatic carbocycles. The van der Waals surface area contributed by atoms with Gasteiger partial charge in [-0.1, -0.05) is 25.1 Å². The summed E-state index contributed by atoms with van der Waals surface area (Å²) in [4.78, 5) is 0. The molecular weight excluding hydrogens is 275 g/mol. The Labute approximate surface area is 113 Å². The lowest BCUT2D eigenvalue weighted by molar-refractivity contribution is -0.137. The van der Waals surface area contributed by atoms with E-state index in [-0.39, 0.29) is 11.4 Å². The second kappa shape index (κ2) is 5.16. The zero-order valence-corrected chi connectivity index (χ0v) is 11.0. The fourth-order valence-electron chi connectivity index (χ4n) is 1.88. The van der Waals surface area contributed by atoms with Crippen molar-refractivity contribution >= 4 is 12.2 Å². The molecule has 1 aromatic heterocycles. The maximum atomic E-state index is 13.0. The van der Waals surface area contributed by atoms with Gasteiger partial charge in [0.15, 0.2) is 10.6 Å². The molecule has 7 heteroatoms. The van der Waals surface area contributed by atoms with E-state index in [1.165, 1.54) is 12.1 Å². The third kappa shape index (κ3) is 2.70. The van der Waals surface area contributed by atoms with E-state index in [1.807, 2.05) is 6.92 Å². The molecule has 0 fully saturated rings. The van der Waals surface area contributed by atoms with Crippen LogP contribution in [0.25, 0.3) is 11.4 Å². The highest BCUT2D eigenvalue weighted by Gasteiger charge is 2.34. The second-order valence-electron chi connectivity index (χ2n) is 4.05. The van der Waals surface area contributed by atoms with Crippen LogP contribution in [0.5, 0.6) is 0 Å². The number of H-pyrrole nitrogens is 1. The summed E-state index contributed by atoms with van der Waals surface area (Å²) in [5, 5.41) is 6.47. The summed E-state index contributed by atoms with van der Waals surface area (Å²) in [6, 6.07) is 5.36. The fraction of sp³-hybridized carbons (Fsp3) is 0.333. The minimum absolute atomic E-state index is 0.0378. The standard InChI is InChI=1S/C12H12F3N3S/c1-2-7-18-10(16-17-11(18)19)8-5-3-4-6-9(8)12(13,14)15/h3-6H,2,7H2,1H3,(H,17,19). The van der Waals surface area contributed by atoms with Gasteiger partial charge in [-0.3, -0.25) is 5.10 Å². The van der Waals surface area contributed by atoms with Crippen LogP contribution in [0, 0.1) is 4.77 Å². The van der Waals surface area contributed by atoms with Crippen molar-refractivity contribution in [1.82, 2.24) is 14.8 Å². The van der Waals surface area contributed by atoms with Gasteiger partial charge in [-0.2, -0.15) is 18.3 Å². The summed E-state index contributed by atoms with van der Waals surface area (Å²) in [6.07, 6.45) is -3.66. The lowest BCUT2D eigenvalue weighted by Crippen LogP contribution is -2.09. The molecule has 0 aliphatic carbocycles. The molecule has 0 spiro atoms. The van der Waals surface area contributed by atoms with Gasteiger partial charge < -0.3 is 4.57 Å². The summed E-state index contributed by atoms with van der Waals surface area (Å²) >= 11 is 5.04. The quantitative estimate of drug-likeness (QED) is 0.864. The Hall–Kier alpha value is -1.63. The van der Waals surface area contributed by atoms with Crippen molar-refractivity contribution in [3.8, 4) is 11.4 Å². The van der Waals surface area contributed by atoms with Gasteiger partial charge in [0, 0.05) is 12.1 Å². The van der Waals surface area contributed by atoms with Crippen LogP contribution < -0.4 is 0 Å². The molecule has 0 aliphatic rings. The van der Waals surface area contributed by atoms with Crippen LogP contribution >= 0.6 is 12.2 Å². The first kappa shape index (κ1) is 13.8. The molecule has 102 valence electrons. The van der Waals surface area contributed by atoms with Crippen molar-refractivity contribution in [2.75, 3.05) is 0 Å². The monoisotopic (exact) mass is 287 g/mol. The van der Waals surface area contributed by atoms with Gasteiger partial charge in [-0.05, 0) is 24.7 Å². The van der Waals surface area contributed by atoms with Crippen molar-refractivity contribution in [2.45, 2.75) is 26.1 Å². The predicted octanol–water partition coefficient (Wildman–Crippen LogP) is 4.04. The van der Waals surface area contributed by atoms with Gasteiger partial charge in [-0.25, -0.2) is 0 Å². The highest BCUT2D eigenvalue weighted by molar-refractivity contribution is 7.71. The molecule has 2 rings (SSSR count). The molecule has 19 heavy (non-hydrogen) atoms. The topological polar surface area (TPSA) is 33.6 Å². The number of halogens is 3. The Morgan fingerprint density at radius 2 is 2.00 bits per heavy atom. The van der Waals surface area contributed by atoms with Crippen LogP contribution in [0.15, 0.2) is 24.3 Å². The average molecular weight is 287 g/mol. The molecule has 0 atom stereocenters. The molecule has 0 radical (unpaired) electrons. The molecule has 1 heterocycles. The van der Waals surface area contributed by atoms with E-state index in [0.717, 1.165) is 12.5 Å². The van der Waals surface area contributed by atoms with E-state index in [2.05, 4.69) is 10.2 Å². The maximum absolute atomic E-state index is 13.0. The number of benzene rings is 1. The molecule has 0 bridgehead atoms. The summed E-state index contributed by atoms with van der Waals surface area (Å²) in [6.45, 7) is 2.45. The second-order valence-corrected chi connectivity index (χ2v) is 4.43. The zero-order chi connectivity index (χ0) is 14.0. The van der Waals surface area contributed by atoms with Crippen LogP contribution in [-0.2, 0) is 12.7 Å². The summed E-state index contributed by atoms with van der Waals surface area (Å²) in [7, 11) is 0. The molecule has 0 saturated carbocycles. The lowest BCUT2D eigenvalue weighted by atomic mass is 10.1. The fourth-order valence-corrected chi connectivity index (χ4v) is 2.10. The molecule has 0 aliphatic heterocycles. The SMILES string of the molecule is CCCn1c(-c2ccccc2C(F)(F)F)n[nH]c1=S. The Bertz CT molecular complexity index is 628. The van der Waals surface area contributed by atoms with E-state index >= 15 is 0 Å². The van der Waals surface area contributed by atoms with E-state index in [0.29, 0.717) is 11.3 Å². The molecule has 3 nitrogen and oxygen atoms in total. The molecule has 1 N–H and O–H groups in total. The largest absolute Gasteiger partial charge is 0.417 e. The normalized spacial score (nSPS) is 11.8. The Morgan fingerprint density at radius 1 is 1.32 bits per heavy atom. The first-order chi connectivity index (χ1) is 8.95. The minimum atomic E-state index is -4.42. The van der Waals surface area contributed by atoms with Crippen LogP contribution in [0.3, 0.4) is 0 Å². The number of rotatable bonds is 3. The minimum Gasteiger partial charge on any atom is -0.300 e. The molecule has 0 amide bonds. The first-order valence-corrected chi connectivity index (χ1v) is 6.17. The number of aromatic amines is 1. The van der Waals surface area contributed by atoms with E-state index in [4.69, 9.17) is 12.2 Å². The Kier molecular flexibility index (Phi) is 3.75. The first-order valence-electron chi connectivity index (χ1n) is 5.77. The van der Waals surface area contributed by atoms with Gasteiger partial charge in [0.1, 0.15) is 0 Å². The molecule has 0 saturated heterocycles. The Balaban J connectivity index is 2.63. The Morgan fingerprint density at radius 3 is 2.63 bits per heavy atom. The van der Waals surface area contributed by atoms with Crippen molar-refractivity contribution < 1.29 is 13.2 Å². The predicted molar refractivity (Wildman–Crippen MR) is 68.1 cm³/mol. The summed E-state index contributed by atoms with van der Waals surface area (Å²) in [5.74, 6) is 0.222. The van der Waals surface area contributed by atoms with E-state index < -0.39 is 11.7 Å². The van der Waals surface area contributed by atoms with Crippen LogP contribution in [0.4, 0.5) is 13.2 Å². The van der Waals surface area contributed by atoms with E-state index in [1.54, 1.807) is 10.6 Å². The van der Waals surface area contributed by atoms with Crippen molar-refractivity contribution in [2.24, 2.45) is 0 Å². The zero-order valence-electron chi connectivity index (χ0n) is 10.2. The number of aromatic nitrogens is 3. The third-order valence-electron chi connectivity index (χ3n) is 2.68. The lowest BCUT2D eigenvalue weighted by Gasteiger charge is -2.12. The molecule has 0 unspecified atom stereocenters. The molecule has 2 aromatic rings. The van der Waals surface area contributed by atoms with Crippen molar-refractivity contribution in [3.63, 3.8) is 0 Å². The summed E-state index contributed by atoms with van der Waals surface area (Å²) in [5.41, 5.74) is -0.669. The van der Waals surface area contributed by atoms with E-state index in [9.17, 15) is 13.2 Å². The number of nitrogens with one attached hydrogen (secondary N) is 1. The highest BCUT2D eigenvalue weighted by atomic mass is 32.1. The van der Waals surface area contributed by atoms with Crippen LogP contribution in [-0.4, -0.2) is 14.8 Å². The third-order valence-corrected chi connectivity index (χ3v) is 2.99. The van der Waals surface area contributed by atoms with Crippen LogP contribution in [0.2, 0.25) is 0 Å². The van der Waals surface area contributed by atoms with Crippen molar-refractivity contribution in [3.05, 3.63) is 34.6 Å². The van der Waals surface area contributed by atoms with Crippen molar-refractivity contribution in [1.29, 1.82) is 0 Å². The highest BCUT2D eigenvalue weighted by Crippen LogP contribution is 2.36. The number of alkyl halides is 3. The van der Waals surface area contributed by atoms with Gasteiger partial charge >= 0.3 is 6.18 Å². The summed E-state index contributed by atoms with van der Waals surface area (Å²) < 4.78 is 40.9. The van der Waals surface area contributed by atoms with Crippen LogP contribution in [0.1, 0.15) is 18.9 Å². The number of hydrogen-bond acceptors (Lipinski definition) is 2. The molecular formula is C12H12F3N3S. The van der Waals surface area contributed by atoms with Gasteiger partial charge in [-0.15, -0.1) is 0 Å². The smallest absolute Gasteiger partial charge is 0.300 e. The number of hydrogen-bond donors (Lipinski definition) is 1. The van der Waals surface area contributed by atoms with Gasteiger partial charge in [0.25, 0.3) is 0 Å². The average Bonchev–Trinajstić information content (AvgIpc) is 2.71. The van der Waals surface area contributed by atoms with Gasteiger partial charge in [0.2, 0.25) is 0 Å². The van der Waals surface area contributed by atoms with Gasteiger partial charge in [0.05, 0.1) is 5.56 Å².